The minimum Gasteiger partial charge on any atom is -0.356 e. The zero-order chi connectivity index (χ0) is 15.8. The van der Waals surface area contributed by atoms with E-state index in [1.165, 1.54) is 0 Å². The number of urea groups is 1. The summed E-state index contributed by atoms with van der Waals surface area (Å²) in [6.07, 6.45) is 6.75. The molecule has 2 heterocycles. The number of amides is 3. The number of thioether (sulfide) groups is 1. The SMILES string of the molecule is Cl.NCCCCCNC(=O)CCCC[C@@H]1SC[C@@H]2NC(=O)N[C@@H]21. The highest BCUT2D eigenvalue weighted by atomic mass is 35.5. The number of hydrogen-bond acceptors (Lipinski definition) is 4. The van der Waals surface area contributed by atoms with Gasteiger partial charge < -0.3 is 21.7 Å². The number of rotatable bonds is 10. The second-order valence-corrected chi connectivity index (χ2v) is 7.34. The summed E-state index contributed by atoms with van der Waals surface area (Å²) < 4.78 is 0. The summed E-state index contributed by atoms with van der Waals surface area (Å²) in [6.45, 7) is 1.49. The van der Waals surface area contributed by atoms with Crippen LogP contribution in [0.2, 0.25) is 0 Å². The Kier molecular flexibility index (Phi) is 9.74. The minimum absolute atomic E-state index is 0. The first-order chi connectivity index (χ1) is 10.7. The molecule has 0 unspecified atom stereocenters. The molecule has 2 rings (SSSR count). The predicted octanol–water partition coefficient (Wildman–Crippen LogP) is 1.38. The number of halogens is 1. The molecular formula is C15H29ClN4O2S. The van der Waals surface area contributed by atoms with Crippen LogP contribution < -0.4 is 21.7 Å². The molecule has 0 aromatic carbocycles. The van der Waals surface area contributed by atoms with Gasteiger partial charge in [0.15, 0.2) is 0 Å². The van der Waals surface area contributed by atoms with Crippen molar-refractivity contribution in [3.05, 3.63) is 0 Å². The molecule has 0 radical (unpaired) electrons. The summed E-state index contributed by atoms with van der Waals surface area (Å²) in [4.78, 5) is 23.0. The molecule has 2 fully saturated rings. The molecule has 0 aromatic heterocycles. The average molecular weight is 365 g/mol. The number of nitrogens with one attached hydrogen (secondary N) is 3. The highest BCUT2D eigenvalue weighted by Crippen LogP contribution is 2.33. The lowest BCUT2D eigenvalue weighted by Crippen LogP contribution is -2.36. The van der Waals surface area contributed by atoms with Crippen LogP contribution in [0.15, 0.2) is 0 Å². The van der Waals surface area contributed by atoms with Crippen molar-refractivity contribution in [1.82, 2.24) is 16.0 Å². The fourth-order valence-corrected chi connectivity index (χ4v) is 4.58. The van der Waals surface area contributed by atoms with Gasteiger partial charge >= 0.3 is 6.03 Å². The standard InChI is InChI=1S/C15H28N4O2S.ClH/c16-8-4-1-5-9-17-13(20)7-3-2-6-12-14-11(10-22-12)18-15(21)19-14;/h11-12,14H,1-10,16H2,(H,17,20)(H2,18,19,21);1H/t11-,12-,14-;/m0./s1. The molecular weight excluding hydrogens is 336 g/mol. The third kappa shape index (κ3) is 6.77. The van der Waals surface area contributed by atoms with E-state index in [2.05, 4.69) is 16.0 Å². The lowest BCUT2D eigenvalue weighted by molar-refractivity contribution is -0.121. The van der Waals surface area contributed by atoms with Gasteiger partial charge in [0.1, 0.15) is 0 Å². The Hall–Kier alpha value is -0.660. The molecule has 0 aliphatic carbocycles. The van der Waals surface area contributed by atoms with Crippen molar-refractivity contribution in [2.75, 3.05) is 18.8 Å². The summed E-state index contributed by atoms with van der Waals surface area (Å²) >= 11 is 1.93. The van der Waals surface area contributed by atoms with E-state index in [0.29, 0.717) is 17.7 Å². The van der Waals surface area contributed by atoms with E-state index in [1.807, 2.05) is 11.8 Å². The molecule has 134 valence electrons. The van der Waals surface area contributed by atoms with Crippen LogP contribution in [-0.4, -0.2) is 48.1 Å². The normalized spacial score (nSPS) is 25.3. The lowest BCUT2D eigenvalue weighted by Gasteiger charge is -2.16. The van der Waals surface area contributed by atoms with Crippen molar-refractivity contribution in [3.8, 4) is 0 Å². The summed E-state index contributed by atoms with van der Waals surface area (Å²) in [6, 6.07) is 0.530. The Morgan fingerprint density at radius 2 is 2.04 bits per heavy atom. The molecule has 0 spiro atoms. The van der Waals surface area contributed by atoms with Crippen LogP contribution in [-0.2, 0) is 4.79 Å². The van der Waals surface area contributed by atoms with Crippen molar-refractivity contribution in [2.24, 2.45) is 5.73 Å². The van der Waals surface area contributed by atoms with E-state index in [-0.39, 0.29) is 30.4 Å². The van der Waals surface area contributed by atoms with Gasteiger partial charge in [-0.15, -0.1) is 12.4 Å². The highest BCUT2D eigenvalue weighted by Gasteiger charge is 2.42. The molecule has 0 bridgehead atoms. The lowest BCUT2D eigenvalue weighted by atomic mass is 10.0. The first-order valence-electron chi connectivity index (χ1n) is 8.36. The molecule has 6 nitrogen and oxygen atoms in total. The van der Waals surface area contributed by atoms with Gasteiger partial charge in [-0.3, -0.25) is 4.79 Å². The second-order valence-electron chi connectivity index (χ2n) is 6.07. The minimum atomic E-state index is -0.0330. The summed E-state index contributed by atoms with van der Waals surface area (Å²) in [7, 11) is 0. The number of carbonyl (C=O) groups is 2. The van der Waals surface area contributed by atoms with E-state index in [1.54, 1.807) is 0 Å². The van der Waals surface area contributed by atoms with E-state index < -0.39 is 0 Å². The Labute approximate surface area is 148 Å². The van der Waals surface area contributed by atoms with E-state index >= 15 is 0 Å². The van der Waals surface area contributed by atoms with Crippen LogP contribution in [0.5, 0.6) is 0 Å². The molecule has 3 amide bonds. The molecule has 2 saturated heterocycles. The Morgan fingerprint density at radius 1 is 1.22 bits per heavy atom. The first kappa shape index (κ1) is 20.4. The van der Waals surface area contributed by atoms with E-state index in [9.17, 15) is 9.59 Å². The van der Waals surface area contributed by atoms with E-state index in [4.69, 9.17) is 5.73 Å². The van der Waals surface area contributed by atoms with Gasteiger partial charge in [0.25, 0.3) is 0 Å². The van der Waals surface area contributed by atoms with Crippen molar-refractivity contribution in [2.45, 2.75) is 62.3 Å². The van der Waals surface area contributed by atoms with Crippen LogP contribution >= 0.6 is 24.2 Å². The zero-order valence-corrected chi connectivity index (χ0v) is 15.1. The van der Waals surface area contributed by atoms with Crippen LogP contribution in [0.4, 0.5) is 4.79 Å². The van der Waals surface area contributed by atoms with Crippen molar-refractivity contribution in [1.29, 1.82) is 0 Å². The third-order valence-electron chi connectivity index (χ3n) is 4.28. The quantitative estimate of drug-likeness (QED) is 0.348. The largest absolute Gasteiger partial charge is 0.356 e. The van der Waals surface area contributed by atoms with Crippen LogP contribution in [0.1, 0.15) is 44.9 Å². The van der Waals surface area contributed by atoms with Crippen molar-refractivity contribution < 1.29 is 9.59 Å². The maximum absolute atomic E-state index is 11.7. The molecule has 5 N–H and O–H groups in total. The maximum atomic E-state index is 11.7. The fraction of sp³-hybridized carbons (Fsp3) is 0.867. The molecule has 0 saturated carbocycles. The summed E-state index contributed by atoms with van der Waals surface area (Å²) in [5.41, 5.74) is 5.43. The molecule has 2 aliphatic heterocycles. The van der Waals surface area contributed by atoms with Crippen LogP contribution in [0.25, 0.3) is 0 Å². The Balaban J connectivity index is 0.00000264. The topological polar surface area (TPSA) is 96.2 Å². The summed E-state index contributed by atoms with van der Waals surface area (Å²) in [5, 5.41) is 9.40. The van der Waals surface area contributed by atoms with Gasteiger partial charge in [-0.1, -0.05) is 12.8 Å². The molecule has 2 aliphatic rings. The number of nitrogens with two attached hydrogens (primary N) is 1. The molecule has 23 heavy (non-hydrogen) atoms. The Bertz CT molecular complexity index is 386. The van der Waals surface area contributed by atoms with Gasteiger partial charge in [-0.2, -0.15) is 11.8 Å². The monoisotopic (exact) mass is 364 g/mol. The molecule has 3 atom stereocenters. The number of hydrogen-bond donors (Lipinski definition) is 4. The number of fused-ring (bicyclic) bond motifs is 1. The Morgan fingerprint density at radius 3 is 2.83 bits per heavy atom. The molecule has 8 heteroatoms. The molecule has 0 aromatic rings. The third-order valence-corrected chi connectivity index (χ3v) is 5.79. The fourth-order valence-electron chi connectivity index (χ4n) is 3.04. The number of unbranched alkanes of at least 4 members (excludes halogenated alkanes) is 3. The zero-order valence-electron chi connectivity index (χ0n) is 13.5. The van der Waals surface area contributed by atoms with Crippen LogP contribution in [0, 0.1) is 0 Å². The van der Waals surface area contributed by atoms with Crippen LogP contribution in [0.3, 0.4) is 0 Å². The number of carbonyl (C=O) groups excluding carboxylic acids is 2. The smallest absolute Gasteiger partial charge is 0.315 e. The van der Waals surface area contributed by atoms with Crippen molar-refractivity contribution in [3.63, 3.8) is 0 Å². The van der Waals surface area contributed by atoms with Gasteiger partial charge in [0.05, 0.1) is 12.1 Å². The average Bonchev–Trinajstić information content (AvgIpc) is 3.03. The van der Waals surface area contributed by atoms with Gasteiger partial charge in [-0.25, -0.2) is 4.79 Å². The van der Waals surface area contributed by atoms with Gasteiger partial charge in [0.2, 0.25) is 5.91 Å². The maximum Gasteiger partial charge on any atom is 0.315 e. The predicted molar refractivity (Wildman–Crippen MR) is 97.1 cm³/mol. The van der Waals surface area contributed by atoms with Gasteiger partial charge in [0, 0.05) is 24.0 Å². The van der Waals surface area contributed by atoms with Crippen molar-refractivity contribution >= 4 is 36.1 Å². The summed E-state index contributed by atoms with van der Waals surface area (Å²) in [5.74, 6) is 1.15. The second kappa shape index (κ2) is 11.0. The highest BCUT2D eigenvalue weighted by molar-refractivity contribution is 8.00. The first-order valence-corrected chi connectivity index (χ1v) is 9.41. The van der Waals surface area contributed by atoms with E-state index in [0.717, 1.165) is 57.4 Å². The van der Waals surface area contributed by atoms with Gasteiger partial charge in [-0.05, 0) is 32.2 Å².